The van der Waals surface area contributed by atoms with Gasteiger partial charge < -0.3 is 10.6 Å². The first-order valence-corrected chi connectivity index (χ1v) is 10.7. The Kier molecular flexibility index (Phi) is 5.22. The number of rotatable bonds is 6. The van der Waals surface area contributed by atoms with Gasteiger partial charge in [0.25, 0.3) is 5.91 Å². The minimum Gasteiger partial charge on any atom is -0.351 e. The summed E-state index contributed by atoms with van der Waals surface area (Å²) in [6, 6.07) is 4.80. The fourth-order valence-corrected chi connectivity index (χ4v) is 3.78. The van der Waals surface area contributed by atoms with Crippen LogP contribution in [0.15, 0.2) is 36.0 Å². The molecule has 2 aliphatic rings. The monoisotopic (exact) mass is 471 g/mol. The van der Waals surface area contributed by atoms with Crippen LogP contribution in [0.25, 0.3) is 11.7 Å². The fraction of sp³-hybridized carbons (Fsp3) is 0.318. The lowest BCUT2D eigenvalue weighted by Gasteiger charge is -2.20. The SMILES string of the molecule is C[C@@H](Nc1nc(NC2CC2)n2ncc(/C=C3\CC(=O)NC3=O)c2n1)c1ccccc1C(F)(F)F. The third kappa shape index (κ3) is 4.30. The Hall–Kier alpha value is -3.96. The van der Waals surface area contributed by atoms with E-state index >= 15 is 0 Å². The molecule has 0 bridgehead atoms. The highest BCUT2D eigenvalue weighted by molar-refractivity contribution is 6.15. The number of hydrogen-bond donors (Lipinski definition) is 3. The number of alkyl halides is 3. The number of carbonyl (C=O) groups excluding carboxylic acids is 2. The van der Waals surface area contributed by atoms with Crippen LogP contribution in [-0.2, 0) is 15.8 Å². The number of nitrogens with zero attached hydrogens (tertiary/aromatic N) is 4. The smallest absolute Gasteiger partial charge is 0.351 e. The minimum atomic E-state index is -4.50. The lowest BCUT2D eigenvalue weighted by atomic mass is 10.0. The Morgan fingerprint density at radius 2 is 1.97 bits per heavy atom. The number of aromatic nitrogens is 4. The Labute approximate surface area is 191 Å². The van der Waals surface area contributed by atoms with Crippen molar-refractivity contribution < 1.29 is 22.8 Å². The molecule has 0 radical (unpaired) electrons. The van der Waals surface area contributed by atoms with Gasteiger partial charge in [0.15, 0.2) is 5.65 Å². The van der Waals surface area contributed by atoms with E-state index < -0.39 is 29.6 Å². The van der Waals surface area contributed by atoms with Crippen LogP contribution in [0.3, 0.4) is 0 Å². The first kappa shape index (κ1) is 21.9. The Bertz CT molecular complexity index is 1330. The molecule has 3 aromatic rings. The van der Waals surface area contributed by atoms with Gasteiger partial charge in [0.2, 0.25) is 17.8 Å². The van der Waals surface area contributed by atoms with Crippen LogP contribution in [-0.4, -0.2) is 37.4 Å². The van der Waals surface area contributed by atoms with Crippen molar-refractivity contribution in [2.24, 2.45) is 0 Å². The van der Waals surface area contributed by atoms with Gasteiger partial charge in [0.1, 0.15) is 0 Å². The van der Waals surface area contributed by atoms with Gasteiger partial charge >= 0.3 is 6.18 Å². The minimum absolute atomic E-state index is 0.0508. The zero-order valence-electron chi connectivity index (χ0n) is 18.0. The molecule has 12 heteroatoms. The van der Waals surface area contributed by atoms with Crippen molar-refractivity contribution in [3.8, 4) is 0 Å². The summed E-state index contributed by atoms with van der Waals surface area (Å²) < 4.78 is 41.9. The van der Waals surface area contributed by atoms with Gasteiger partial charge in [-0.15, -0.1) is 0 Å². The largest absolute Gasteiger partial charge is 0.416 e. The molecule has 1 saturated heterocycles. The van der Waals surface area contributed by atoms with Crippen molar-refractivity contribution in [2.45, 2.75) is 44.4 Å². The molecule has 1 aliphatic heterocycles. The highest BCUT2D eigenvalue weighted by Crippen LogP contribution is 2.35. The van der Waals surface area contributed by atoms with E-state index in [1.165, 1.54) is 28.9 Å². The average molecular weight is 471 g/mol. The van der Waals surface area contributed by atoms with Gasteiger partial charge in [-0.25, -0.2) is 0 Å². The quantitative estimate of drug-likeness (QED) is 0.373. The zero-order chi connectivity index (χ0) is 24.0. The molecule has 176 valence electrons. The molecule has 2 amide bonds. The molecular formula is C22H20F3N7O2. The highest BCUT2D eigenvalue weighted by Gasteiger charge is 2.34. The maximum Gasteiger partial charge on any atom is 0.416 e. The van der Waals surface area contributed by atoms with Gasteiger partial charge in [0.05, 0.1) is 24.2 Å². The average Bonchev–Trinajstić information content (AvgIpc) is 3.41. The second-order valence-corrected chi connectivity index (χ2v) is 8.30. The number of carbonyl (C=O) groups is 2. The third-order valence-corrected chi connectivity index (χ3v) is 5.61. The molecule has 2 aromatic heterocycles. The Balaban J connectivity index is 1.53. The second-order valence-electron chi connectivity index (χ2n) is 8.30. The van der Waals surface area contributed by atoms with E-state index in [0.717, 1.165) is 18.9 Å². The van der Waals surface area contributed by atoms with E-state index in [0.29, 0.717) is 17.2 Å². The predicted molar refractivity (Wildman–Crippen MR) is 117 cm³/mol. The second kappa shape index (κ2) is 8.12. The number of fused-ring (bicyclic) bond motifs is 1. The molecule has 0 spiro atoms. The van der Waals surface area contributed by atoms with Crippen LogP contribution in [0.2, 0.25) is 0 Å². The number of hydrogen-bond acceptors (Lipinski definition) is 7. The first-order valence-electron chi connectivity index (χ1n) is 10.7. The first-order chi connectivity index (χ1) is 16.2. The van der Waals surface area contributed by atoms with E-state index in [1.807, 2.05) is 0 Å². The summed E-state index contributed by atoms with van der Waals surface area (Å²) in [5.74, 6) is -0.390. The molecule has 2 fully saturated rings. The van der Waals surface area contributed by atoms with Crippen molar-refractivity contribution >= 4 is 35.4 Å². The van der Waals surface area contributed by atoms with E-state index in [9.17, 15) is 22.8 Å². The number of anilines is 2. The van der Waals surface area contributed by atoms with E-state index in [2.05, 4.69) is 31.0 Å². The van der Waals surface area contributed by atoms with E-state index in [4.69, 9.17) is 0 Å². The van der Waals surface area contributed by atoms with Crippen LogP contribution >= 0.6 is 0 Å². The van der Waals surface area contributed by atoms with Crippen molar-refractivity contribution in [3.63, 3.8) is 0 Å². The lowest BCUT2D eigenvalue weighted by Crippen LogP contribution is -2.19. The molecule has 34 heavy (non-hydrogen) atoms. The maximum absolute atomic E-state index is 13.5. The highest BCUT2D eigenvalue weighted by atomic mass is 19.4. The van der Waals surface area contributed by atoms with Crippen LogP contribution in [0.4, 0.5) is 25.1 Å². The molecule has 5 rings (SSSR count). The van der Waals surface area contributed by atoms with Crippen LogP contribution < -0.4 is 16.0 Å². The van der Waals surface area contributed by atoms with Gasteiger partial charge in [-0.1, -0.05) is 18.2 Å². The summed E-state index contributed by atoms with van der Waals surface area (Å²) in [7, 11) is 0. The summed E-state index contributed by atoms with van der Waals surface area (Å²) in [6.07, 6.45) is 0.402. The van der Waals surface area contributed by atoms with Gasteiger partial charge in [-0.2, -0.15) is 32.8 Å². The van der Waals surface area contributed by atoms with E-state index in [-0.39, 0.29) is 29.5 Å². The van der Waals surface area contributed by atoms with Crippen molar-refractivity contribution in [1.82, 2.24) is 24.9 Å². The van der Waals surface area contributed by atoms with Gasteiger partial charge in [-0.3, -0.25) is 14.9 Å². The summed E-state index contributed by atoms with van der Waals surface area (Å²) in [6.45, 7) is 1.60. The normalized spacial score (nSPS) is 18.4. The molecule has 9 nitrogen and oxygen atoms in total. The number of amides is 2. The number of benzene rings is 1. The molecule has 3 N–H and O–H groups in total. The van der Waals surface area contributed by atoms with Crippen LogP contribution in [0, 0.1) is 0 Å². The molecule has 1 atom stereocenters. The molecule has 0 unspecified atom stereocenters. The topological polar surface area (TPSA) is 113 Å². The molecule has 3 heterocycles. The molecule has 1 saturated carbocycles. The van der Waals surface area contributed by atoms with Crippen LogP contribution in [0.5, 0.6) is 0 Å². The fourth-order valence-electron chi connectivity index (χ4n) is 3.78. The zero-order valence-corrected chi connectivity index (χ0v) is 18.0. The number of nitrogens with one attached hydrogen (secondary N) is 3. The Morgan fingerprint density at radius 3 is 2.65 bits per heavy atom. The maximum atomic E-state index is 13.5. The molecule has 1 aromatic carbocycles. The summed E-state index contributed by atoms with van der Waals surface area (Å²) in [5.41, 5.74) is 0.424. The van der Waals surface area contributed by atoms with Crippen molar-refractivity contribution in [1.29, 1.82) is 0 Å². The van der Waals surface area contributed by atoms with E-state index in [1.54, 1.807) is 13.0 Å². The molecular weight excluding hydrogens is 451 g/mol. The summed E-state index contributed by atoms with van der Waals surface area (Å²) in [5, 5.41) is 12.7. The van der Waals surface area contributed by atoms with Gasteiger partial charge in [0, 0.05) is 17.2 Å². The summed E-state index contributed by atoms with van der Waals surface area (Å²) >= 11 is 0. The van der Waals surface area contributed by atoms with Crippen molar-refractivity contribution in [3.05, 3.63) is 52.7 Å². The number of imide groups is 1. The lowest BCUT2D eigenvalue weighted by molar-refractivity contribution is -0.138. The standard InChI is InChI=1S/C22H20F3N7O2/c1-11(15-4-2-3-5-16(15)22(23,24)25)27-20-30-18-13(8-12-9-17(33)29-19(12)34)10-26-32(18)21(31-20)28-14-6-7-14/h2-5,8,10-11,14H,6-7,9H2,1H3,(H,29,33,34)(H2,27,28,30,31)/b12-8+/t11-/m1/s1. The summed E-state index contributed by atoms with van der Waals surface area (Å²) in [4.78, 5) is 32.4. The molecule has 1 aliphatic carbocycles. The van der Waals surface area contributed by atoms with Gasteiger partial charge in [-0.05, 0) is 37.5 Å². The number of halogens is 3. The Morgan fingerprint density at radius 1 is 1.21 bits per heavy atom. The third-order valence-electron chi connectivity index (χ3n) is 5.61. The van der Waals surface area contributed by atoms with Crippen LogP contribution in [0.1, 0.15) is 48.9 Å². The van der Waals surface area contributed by atoms with Crippen molar-refractivity contribution in [2.75, 3.05) is 10.6 Å². The predicted octanol–water partition coefficient (Wildman–Crippen LogP) is 3.32.